The van der Waals surface area contributed by atoms with Crippen molar-refractivity contribution in [3.8, 4) is 0 Å². The molecule has 0 saturated carbocycles. The second-order valence-corrected chi connectivity index (χ2v) is 5.88. The van der Waals surface area contributed by atoms with E-state index >= 15 is 0 Å². The van der Waals surface area contributed by atoms with Crippen LogP contribution < -0.4 is 0 Å². The highest BCUT2D eigenvalue weighted by Crippen LogP contribution is 2.24. The number of ether oxygens (including phenoxy) is 4. The summed E-state index contributed by atoms with van der Waals surface area (Å²) in [4.78, 5) is 52.1. The van der Waals surface area contributed by atoms with Gasteiger partial charge < -0.3 is 18.9 Å². The minimum absolute atomic E-state index is 0.0576. The lowest BCUT2D eigenvalue weighted by Gasteiger charge is -2.40. The van der Waals surface area contributed by atoms with Gasteiger partial charge in [-0.2, -0.15) is 0 Å². The normalized spacial score (nSPS) is 21.4. The van der Waals surface area contributed by atoms with E-state index in [1.807, 2.05) is 6.07 Å². The van der Waals surface area contributed by atoms with Gasteiger partial charge in [0.15, 0.2) is 12.2 Å². The molecule has 2 rings (SSSR count). The van der Waals surface area contributed by atoms with Gasteiger partial charge in [-0.3, -0.25) is 19.2 Å². The van der Waals surface area contributed by atoms with Crippen molar-refractivity contribution in [2.24, 2.45) is 0 Å². The molecule has 1 heterocycles. The Morgan fingerprint density at radius 1 is 0.964 bits per heavy atom. The van der Waals surface area contributed by atoms with Gasteiger partial charge in [-0.05, 0) is 5.56 Å². The van der Waals surface area contributed by atoms with Crippen molar-refractivity contribution in [1.82, 2.24) is 5.06 Å². The monoisotopic (exact) mass is 395 g/mol. The molecular weight excluding hydrogens is 374 g/mol. The number of rotatable bonds is 5. The first-order chi connectivity index (χ1) is 13.3. The van der Waals surface area contributed by atoms with Crippen molar-refractivity contribution in [3.63, 3.8) is 0 Å². The van der Waals surface area contributed by atoms with Crippen molar-refractivity contribution in [1.29, 1.82) is 0 Å². The summed E-state index contributed by atoms with van der Waals surface area (Å²) in [5, 5.41) is 0.651. The van der Waals surface area contributed by atoms with Crippen molar-refractivity contribution < 1.29 is 43.0 Å². The summed E-state index contributed by atoms with van der Waals surface area (Å²) in [6.07, 6.45) is -4.83. The third kappa shape index (κ3) is 5.95. The van der Waals surface area contributed by atoms with Crippen LogP contribution in [0.4, 0.5) is 4.79 Å². The Kier molecular flexibility index (Phi) is 7.33. The average Bonchev–Trinajstić information content (AvgIpc) is 2.62. The molecule has 0 spiro atoms. The van der Waals surface area contributed by atoms with E-state index in [0.717, 1.165) is 26.3 Å². The summed E-state index contributed by atoms with van der Waals surface area (Å²) in [7, 11) is 0. The van der Waals surface area contributed by atoms with Gasteiger partial charge in [0.2, 0.25) is 6.23 Å². The van der Waals surface area contributed by atoms with E-state index in [4.69, 9.17) is 23.8 Å². The van der Waals surface area contributed by atoms with Crippen molar-refractivity contribution in [2.45, 2.75) is 45.8 Å². The fourth-order valence-corrected chi connectivity index (χ4v) is 2.50. The maximum absolute atomic E-state index is 12.5. The summed E-state index contributed by atoms with van der Waals surface area (Å²) >= 11 is 0. The van der Waals surface area contributed by atoms with Crippen molar-refractivity contribution >= 4 is 24.0 Å². The van der Waals surface area contributed by atoms with Crippen molar-refractivity contribution in [2.75, 3.05) is 6.61 Å². The van der Waals surface area contributed by atoms with Crippen LogP contribution in [-0.4, -0.2) is 54.1 Å². The number of hydrogen-bond acceptors (Lipinski definition) is 9. The van der Waals surface area contributed by atoms with E-state index in [1.165, 1.54) is 0 Å². The molecule has 152 valence electrons. The average molecular weight is 395 g/mol. The summed E-state index contributed by atoms with van der Waals surface area (Å²) < 4.78 is 20.5. The van der Waals surface area contributed by atoms with E-state index in [0.29, 0.717) is 5.06 Å². The van der Waals surface area contributed by atoms with Crippen LogP contribution >= 0.6 is 0 Å². The Morgan fingerprint density at radius 3 is 2.14 bits per heavy atom. The molecule has 0 bridgehead atoms. The third-order valence-electron chi connectivity index (χ3n) is 3.55. The first-order valence-electron chi connectivity index (χ1n) is 8.42. The molecule has 3 atom stereocenters. The summed E-state index contributed by atoms with van der Waals surface area (Å²) in [5.74, 6) is -2.15. The highest BCUT2D eigenvalue weighted by molar-refractivity contribution is 5.70. The van der Waals surface area contributed by atoms with Gasteiger partial charge in [0.25, 0.3) is 0 Å². The fourth-order valence-electron chi connectivity index (χ4n) is 2.50. The van der Waals surface area contributed by atoms with E-state index in [1.54, 1.807) is 24.3 Å². The van der Waals surface area contributed by atoms with Crippen LogP contribution in [0.15, 0.2) is 30.3 Å². The van der Waals surface area contributed by atoms with Crippen molar-refractivity contribution in [3.05, 3.63) is 35.9 Å². The Balaban J connectivity index is 2.18. The minimum Gasteiger partial charge on any atom is -0.456 e. The molecule has 28 heavy (non-hydrogen) atoms. The number of hydroxylamine groups is 2. The number of benzene rings is 1. The molecule has 1 aromatic rings. The number of hydrogen-bond donors (Lipinski definition) is 0. The molecule has 0 N–H and O–H groups in total. The Hall–Kier alpha value is -3.14. The number of nitrogens with zero attached hydrogens (tertiary/aromatic N) is 1. The molecule has 1 aliphatic heterocycles. The number of carbonyl (C=O) groups is 4. The van der Waals surface area contributed by atoms with Gasteiger partial charge >= 0.3 is 24.0 Å². The van der Waals surface area contributed by atoms with Gasteiger partial charge in [-0.15, -0.1) is 5.06 Å². The molecule has 1 fully saturated rings. The van der Waals surface area contributed by atoms with Crippen LogP contribution in [0.25, 0.3) is 0 Å². The highest BCUT2D eigenvalue weighted by Gasteiger charge is 2.48. The Bertz CT molecular complexity index is 721. The predicted octanol–water partition coefficient (Wildman–Crippen LogP) is 1.32. The smallest absolute Gasteiger partial charge is 0.437 e. The third-order valence-corrected chi connectivity index (χ3v) is 3.55. The number of carbonyl (C=O) groups excluding carboxylic acids is 4. The van der Waals surface area contributed by atoms with E-state index < -0.39 is 42.4 Å². The van der Waals surface area contributed by atoms with E-state index in [2.05, 4.69) is 0 Å². The van der Waals surface area contributed by atoms with Crippen LogP contribution in [-0.2, 0) is 44.8 Å². The maximum Gasteiger partial charge on any atom is 0.437 e. The Labute approximate surface area is 161 Å². The highest BCUT2D eigenvalue weighted by atomic mass is 16.8. The quantitative estimate of drug-likeness (QED) is 0.537. The van der Waals surface area contributed by atoms with Gasteiger partial charge in [0.1, 0.15) is 13.2 Å². The molecule has 1 aliphatic rings. The largest absolute Gasteiger partial charge is 0.456 e. The predicted molar refractivity (Wildman–Crippen MR) is 91.1 cm³/mol. The second-order valence-electron chi connectivity index (χ2n) is 5.88. The molecule has 10 nitrogen and oxygen atoms in total. The zero-order valence-electron chi connectivity index (χ0n) is 15.7. The maximum atomic E-state index is 12.5. The second kappa shape index (κ2) is 9.70. The van der Waals surface area contributed by atoms with Crippen LogP contribution in [0.1, 0.15) is 26.3 Å². The molecule has 0 radical (unpaired) electrons. The fraction of sp³-hybridized carbons (Fsp3) is 0.444. The zero-order chi connectivity index (χ0) is 20.7. The molecule has 1 amide bonds. The molecule has 10 heteroatoms. The molecule has 1 aromatic carbocycles. The van der Waals surface area contributed by atoms with Gasteiger partial charge in [-0.1, -0.05) is 30.3 Å². The van der Waals surface area contributed by atoms with Crippen LogP contribution in [0.5, 0.6) is 0 Å². The standard InChI is InChI=1S/C18H21NO9/c1-11(20)26-15-10-25-19(17(28-13(3)22)16(15)27-12(2)21)18(23)24-9-14-7-5-4-6-8-14/h4-8,15-17H,9-10H2,1-3H3/t15-,16-,17-/m0/s1. The van der Waals surface area contributed by atoms with Gasteiger partial charge in [-0.25, -0.2) is 4.79 Å². The van der Waals surface area contributed by atoms with Gasteiger partial charge in [0, 0.05) is 20.8 Å². The zero-order valence-corrected chi connectivity index (χ0v) is 15.7. The molecule has 0 aliphatic carbocycles. The summed E-state index contributed by atoms with van der Waals surface area (Å²) in [6, 6.07) is 8.89. The van der Waals surface area contributed by atoms with E-state index in [-0.39, 0.29) is 13.2 Å². The first kappa shape index (κ1) is 21.2. The van der Waals surface area contributed by atoms with Crippen LogP contribution in [0, 0.1) is 0 Å². The molecule has 1 saturated heterocycles. The molecular formula is C18H21NO9. The Morgan fingerprint density at radius 2 is 1.57 bits per heavy atom. The summed E-state index contributed by atoms with van der Waals surface area (Å²) in [6.45, 7) is 3.02. The topological polar surface area (TPSA) is 118 Å². The first-order valence-corrected chi connectivity index (χ1v) is 8.42. The number of esters is 3. The molecule has 0 unspecified atom stereocenters. The number of amides is 1. The van der Waals surface area contributed by atoms with Gasteiger partial charge in [0.05, 0.1) is 0 Å². The minimum atomic E-state index is -1.50. The van der Waals surface area contributed by atoms with Crippen LogP contribution in [0.3, 0.4) is 0 Å². The lowest BCUT2D eigenvalue weighted by molar-refractivity contribution is -0.306. The lowest BCUT2D eigenvalue weighted by atomic mass is 10.1. The van der Waals surface area contributed by atoms with Crippen LogP contribution in [0.2, 0.25) is 0 Å². The van der Waals surface area contributed by atoms with E-state index in [9.17, 15) is 19.2 Å². The lowest BCUT2D eigenvalue weighted by Crippen LogP contribution is -2.61. The summed E-state index contributed by atoms with van der Waals surface area (Å²) in [5.41, 5.74) is 0.728. The molecule has 0 aromatic heterocycles. The SMILES string of the molecule is CC(=O)O[C@H]1[C@@H](OC(C)=O)CON(C(=O)OCc2ccccc2)[C@H]1OC(C)=O.